The normalized spacial score (nSPS) is 17.0. The maximum Gasteiger partial charge on any atom is 0.0991 e. The smallest absolute Gasteiger partial charge is 0.0991 e. The van der Waals surface area contributed by atoms with Crippen LogP contribution in [-0.4, -0.2) is 13.2 Å². The van der Waals surface area contributed by atoms with Crippen LogP contribution in [0.15, 0.2) is 42.5 Å². The van der Waals surface area contributed by atoms with E-state index in [4.69, 9.17) is 21.8 Å². The number of hydrogen-bond donors (Lipinski definition) is 1. The van der Waals surface area contributed by atoms with Crippen molar-refractivity contribution < 1.29 is 4.74 Å². The topological polar surface area (TPSA) is 45.0 Å². The first-order chi connectivity index (χ1) is 10.3. The number of fused-ring (bicyclic) bond motifs is 1. The average molecular weight is 299 g/mol. The van der Waals surface area contributed by atoms with Crippen LogP contribution in [0, 0.1) is 11.3 Å². The van der Waals surface area contributed by atoms with E-state index in [-0.39, 0.29) is 5.92 Å². The highest BCUT2D eigenvalue weighted by atomic mass is 35.5. The third kappa shape index (κ3) is 2.79. The molecule has 21 heavy (non-hydrogen) atoms. The van der Waals surface area contributed by atoms with E-state index in [0.29, 0.717) is 25.3 Å². The molecule has 0 aromatic heterocycles. The van der Waals surface area contributed by atoms with Gasteiger partial charge in [-0.15, -0.1) is 0 Å². The van der Waals surface area contributed by atoms with Crippen molar-refractivity contribution in [1.29, 1.82) is 5.26 Å². The predicted molar refractivity (Wildman–Crippen MR) is 82.8 cm³/mol. The fourth-order valence-corrected chi connectivity index (χ4v) is 2.98. The zero-order chi connectivity index (χ0) is 14.7. The minimum absolute atomic E-state index is 0.268. The van der Waals surface area contributed by atoms with E-state index < -0.39 is 0 Å². The van der Waals surface area contributed by atoms with E-state index in [2.05, 4.69) is 29.1 Å². The fraction of sp³-hybridized carbons (Fsp3) is 0.235. The van der Waals surface area contributed by atoms with Crippen LogP contribution in [0.5, 0.6) is 0 Å². The Labute approximate surface area is 129 Å². The van der Waals surface area contributed by atoms with Gasteiger partial charge in [-0.25, -0.2) is 4.84 Å². The summed E-state index contributed by atoms with van der Waals surface area (Å²) in [5, 5.41) is 8.90. The van der Waals surface area contributed by atoms with Gasteiger partial charge in [0.25, 0.3) is 0 Å². The quantitative estimate of drug-likeness (QED) is 0.881. The van der Waals surface area contributed by atoms with Crippen LogP contribution in [0.1, 0.15) is 22.6 Å². The highest BCUT2D eigenvalue weighted by molar-refractivity contribution is 6.13. The molecule has 4 heteroatoms. The van der Waals surface area contributed by atoms with Crippen LogP contribution in [0.3, 0.4) is 0 Å². The van der Waals surface area contributed by atoms with E-state index >= 15 is 0 Å². The number of nitrogens with zero attached hydrogens (tertiary/aromatic N) is 1. The number of ether oxygens (including phenoxy) is 1. The molecule has 0 radical (unpaired) electrons. The number of hydrogen-bond acceptors (Lipinski definition) is 3. The minimum atomic E-state index is 0.268. The molecule has 2 aromatic carbocycles. The summed E-state index contributed by atoms with van der Waals surface area (Å²) >= 11 is 5.66. The van der Waals surface area contributed by atoms with E-state index in [0.717, 1.165) is 11.1 Å². The average Bonchev–Trinajstić information content (AvgIpc) is 2.55. The van der Waals surface area contributed by atoms with Crippen molar-refractivity contribution >= 4 is 11.8 Å². The van der Waals surface area contributed by atoms with Gasteiger partial charge >= 0.3 is 0 Å². The Morgan fingerprint density at radius 1 is 1.24 bits per heavy atom. The third-order valence-corrected chi connectivity index (χ3v) is 4.02. The van der Waals surface area contributed by atoms with Crippen molar-refractivity contribution in [3.8, 4) is 17.2 Å². The Balaban J connectivity index is 2.03. The zero-order valence-electron chi connectivity index (χ0n) is 11.5. The molecule has 0 fully saturated rings. The molecule has 0 amide bonds. The lowest BCUT2D eigenvalue weighted by Crippen LogP contribution is -2.24. The lowest BCUT2D eigenvalue weighted by atomic mass is 9.87. The van der Waals surface area contributed by atoms with Gasteiger partial charge in [0.2, 0.25) is 0 Å². The summed E-state index contributed by atoms with van der Waals surface area (Å²) in [5.74, 6) is 0.268. The molecule has 106 valence electrons. The Morgan fingerprint density at radius 3 is 2.76 bits per heavy atom. The first-order valence-corrected chi connectivity index (χ1v) is 7.25. The molecular formula is C17H15ClN2O. The van der Waals surface area contributed by atoms with E-state index in [1.54, 1.807) is 0 Å². The van der Waals surface area contributed by atoms with Crippen molar-refractivity contribution in [3.63, 3.8) is 0 Å². The van der Waals surface area contributed by atoms with Crippen molar-refractivity contribution in [2.24, 2.45) is 0 Å². The molecule has 1 aliphatic heterocycles. The Morgan fingerprint density at radius 2 is 2.05 bits per heavy atom. The standard InChI is InChI=1S/C17H15ClN2O/c18-20-9-14-10-21-11-17-15(2-1-3-16(14)17)13-6-4-12(8-19)5-7-13/h1-7,14,20H,9-11H2. The SMILES string of the molecule is N#Cc1ccc(-c2cccc3c2COCC3CNCl)cc1. The van der Waals surface area contributed by atoms with Gasteiger partial charge in [0.15, 0.2) is 0 Å². The molecule has 0 bridgehead atoms. The zero-order valence-corrected chi connectivity index (χ0v) is 12.2. The first-order valence-electron chi connectivity index (χ1n) is 6.87. The van der Waals surface area contributed by atoms with Gasteiger partial charge in [0.05, 0.1) is 24.8 Å². The molecule has 1 atom stereocenters. The molecular weight excluding hydrogens is 284 g/mol. The number of nitriles is 1. The highest BCUT2D eigenvalue weighted by Crippen LogP contribution is 2.34. The summed E-state index contributed by atoms with van der Waals surface area (Å²) in [6.45, 7) is 1.99. The lowest BCUT2D eigenvalue weighted by Gasteiger charge is -2.27. The van der Waals surface area contributed by atoms with E-state index in [9.17, 15) is 0 Å². The number of nitrogens with one attached hydrogen (secondary N) is 1. The number of halogens is 1. The van der Waals surface area contributed by atoms with Gasteiger partial charge in [-0.05, 0) is 46.2 Å². The molecule has 1 aliphatic rings. The van der Waals surface area contributed by atoms with Gasteiger partial charge in [-0.3, -0.25) is 0 Å². The molecule has 2 aromatic rings. The summed E-state index contributed by atoms with van der Waals surface area (Å²) in [5.41, 5.74) is 5.44. The second-order valence-corrected chi connectivity index (χ2v) is 5.38. The molecule has 0 saturated carbocycles. The van der Waals surface area contributed by atoms with Crippen LogP contribution >= 0.6 is 11.8 Å². The fourth-order valence-electron chi connectivity index (χ4n) is 2.80. The van der Waals surface area contributed by atoms with Gasteiger partial charge in [-0.2, -0.15) is 5.26 Å². The minimum Gasteiger partial charge on any atom is -0.376 e. The summed E-state index contributed by atoms with van der Waals surface area (Å²) in [7, 11) is 0. The third-order valence-electron chi connectivity index (χ3n) is 3.87. The molecule has 1 N–H and O–H groups in total. The van der Waals surface area contributed by atoms with Crippen LogP contribution in [0.25, 0.3) is 11.1 Å². The Bertz CT molecular complexity index is 676. The largest absolute Gasteiger partial charge is 0.376 e. The van der Waals surface area contributed by atoms with Gasteiger partial charge in [0.1, 0.15) is 0 Å². The van der Waals surface area contributed by atoms with E-state index in [1.807, 2.05) is 24.3 Å². The predicted octanol–water partition coefficient (Wildman–Crippen LogP) is 3.58. The van der Waals surface area contributed by atoms with Crippen molar-refractivity contribution in [2.75, 3.05) is 13.2 Å². The van der Waals surface area contributed by atoms with E-state index in [1.165, 1.54) is 11.1 Å². The van der Waals surface area contributed by atoms with Gasteiger partial charge in [0, 0.05) is 12.5 Å². The summed E-state index contributed by atoms with van der Waals surface area (Å²) in [6, 6.07) is 16.1. The summed E-state index contributed by atoms with van der Waals surface area (Å²) in [6.07, 6.45) is 0. The monoisotopic (exact) mass is 298 g/mol. The van der Waals surface area contributed by atoms with Gasteiger partial charge < -0.3 is 4.74 Å². The molecule has 0 spiro atoms. The van der Waals surface area contributed by atoms with Crippen molar-refractivity contribution in [1.82, 2.24) is 4.84 Å². The summed E-state index contributed by atoms with van der Waals surface area (Å²) < 4.78 is 5.72. The summed E-state index contributed by atoms with van der Waals surface area (Å²) in [4.78, 5) is 2.71. The van der Waals surface area contributed by atoms with Crippen LogP contribution in [-0.2, 0) is 11.3 Å². The molecule has 3 rings (SSSR count). The number of rotatable bonds is 3. The van der Waals surface area contributed by atoms with Crippen molar-refractivity contribution in [2.45, 2.75) is 12.5 Å². The lowest BCUT2D eigenvalue weighted by molar-refractivity contribution is 0.0924. The van der Waals surface area contributed by atoms with Gasteiger partial charge in [-0.1, -0.05) is 30.3 Å². The molecule has 3 nitrogen and oxygen atoms in total. The molecule has 0 aliphatic carbocycles. The van der Waals surface area contributed by atoms with Crippen LogP contribution < -0.4 is 4.84 Å². The number of benzene rings is 2. The Kier molecular flexibility index (Phi) is 4.21. The Hall–Kier alpha value is -1.86. The van der Waals surface area contributed by atoms with Crippen LogP contribution in [0.4, 0.5) is 0 Å². The maximum atomic E-state index is 8.90. The van der Waals surface area contributed by atoms with Crippen LogP contribution in [0.2, 0.25) is 0 Å². The second-order valence-electron chi connectivity index (χ2n) is 5.11. The molecule has 1 heterocycles. The molecule has 1 unspecified atom stereocenters. The first kappa shape index (κ1) is 14.1. The maximum absolute atomic E-state index is 8.90. The molecule has 0 saturated heterocycles. The highest BCUT2D eigenvalue weighted by Gasteiger charge is 2.22. The second kappa shape index (κ2) is 6.28. The van der Waals surface area contributed by atoms with Crippen molar-refractivity contribution in [3.05, 3.63) is 59.2 Å².